The Labute approximate surface area is 171 Å². The number of aromatic nitrogens is 2. The Morgan fingerprint density at radius 2 is 1.96 bits per heavy atom. The molecule has 1 aromatic carbocycles. The number of benzene rings is 1. The molecule has 8 nitrogen and oxygen atoms in total. The van der Waals surface area contributed by atoms with Crippen molar-refractivity contribution in [3.8, 4) is 0 Å². The summed E-state index contributed by atoms with van der Waals surface area (Å²) in [4.78, 5) is 22.7. The number of fused-ring (bicyclic) bond motifs is 1. The highest BCUT2D eigenvalue weighted by atomic mass is 32.2. The van der Waals surface area contributed by atoms with Crippen LogP contribution in [0.4, 0.5) is 16.3 Å². The Morgan fingerprint density at radius 1 is 1.29 bits per heavy atom. The zero-order valence-corrected chi connectivity index (χ0v) is 17.6. The van der Waals surface area contributed by atoms with Crippen molar-refractivity contribution >= 4 is 61.5 Å². The Balaban J connectivity index is 1.87. The van der Waals surface area contributed by atoms with Crippen molar-refractivity contribution in [3.05, 3.63) is 40.4 Å². The maximum absolute atomic E-state index is 12.9. The fourth-order valence-electron chi connectivity index (χ4n) is 2.54. The lowest BCUT2D eigenvalue weighted by molar-refractivity contribution is 0.256. The average molecular weight is 438 g/mol. The number of thiazole rings is 1. The average Bonchev–Trinajstić information content (AvgIpc) is 2.98. The SMILES string of the molecule is CC(C)CN(C(=O)Nc1ccc(S(N)(=O)=O)cc1)c1ccc2[nH]c(=S)sc2n1. The van der Waals surface area contributed by atoms with E-state index < -0.39 is 10.0 Å². The molecule has 0 radical (unpaired) electrons. The Kier molecular flexibility index (Phi) is 5.79. The number of nitrogens with zero attached hydrogens (tertiary/aromatic N) is 2. The van der Waals surface area contributed by atoms with E-state index in [2.05, 4.69) is 15.3 Å². The number of aromatic amines is 1. The second-order valence-corrected chi connectivity index (χ2v) is 9.77. The largest absolute Gasteiger partial charge is 0.336 e. The van der Waals surface area contributed by atoms with Gasteiger partial charge >= 0.3 is 6.03 Å². The molecule has 148 valence electrons. The van der Waals surface area contributed by atoms with Crippen LogP contribution in [0.1, 0.15) is 13.8 Å². The third-order valence-corrected chi connectivity index (χ3v) is 5.85. The quantitative estimate of drug-likeness (QED) is 0.526. The number of amides is 2. The Bertz CT molecular complexity index is 1170. The minimum Gasteiger partial charge on any atom is -0.336 e. The summed E-state index contributed by atoms with van der Waals surface area (Å²) in [5.74, 6) is 0.711. The van der Waals surface area contributed by atoms with Gasteiger partial charge in [-0.2, -0.15) is 0 Å². The molecule has 0 aliphatic heterocycles. The standard InChI is InChI=1S/C17H19N5O3S3/c1-10(2)9-22(14-8-7-13-15(21-14)27-17(26)20-13)16(23)19-11-3-5-12(6-4-11)28(18,24)25/h3-8,10H,9H2,1-2H3,(H,19,23)(H,20,26)(H2,18,24,25). The summed E-state index contributed by atoms with van der Waals surface area (Å²) < 4.78 is 23.3. The van der Waals surface area contributed by atoms with Crippen molar-refractivity contribution in [2.45, 2.75) is 18.7 Å². The molecule has 0 aliphatic carbocycles. The van der Waals surface area contributed by atoms with E-state index >= 15 is 0 Å². The van der Waals surface area contributed by atoms with Gasteiger partial charge in [0, 0.05) is 12.2 Å². The molecular weight excluding hydrogens is 418 g/mol. The molecule has 0 saturated carbocycles. The van der Waals surface area contributed by atoms with Gasteiger partial charge < -0.3 is 10.3 Å². The number of anilines is 2. The monoisotopic (exact) mass is 437 g/mol. The van der Waals surface area contributed by atoms with Gasteiger partial charge in [0.2, 0.25) is 10.0 Å². The van der Waals surface area contributed by atoms with Crippen LogP contribution in [0, 0.1) is 9.87 Å². The van der Waals surface area contributed by atoms with Crippen LogP contribution in [-0.2, 0) is 10.0 Å². The first kappa shape index (κ1) is 20.4. The number of H-pyrrole nitrogens is 1. The molecule has 0 fully saturated rings. The third kappa shape index (κ3) is 4.73. The van der Waals surface area contributed by atoms with Crippen molar-refractivity contribution in [1.29, 1.82) is 0 Å². The smallest absolute Gasteiger partial charge is 0.327 e. The molecule has 2 aromatic heterocycles. The number of sulfonamides is 1. The molecular formula is C17H19N5O3S3. The van der Waals surface area contributed by atoms with Gasteiger partial charge in [-0.1, -0.05) is 25.2 Å². The highest BCUT2D eigenvalue weighted by Crippen LogP contribution is 2.23. The lowest BCUT2D eigenvalue weighted by Gasteiger charge is -2.24. The summed E-state index contributed by atoms with van der Waals surface area (Å²) in [6, 6.07) is 8.88. The molecule has 0 aliphatic rings. The molecule has 4 N–H and O–H groups in total. The fourth-order valence-corrected chi connectivity index (χ4v) is 4.11. The van der Waals surface area contributed by atoms with E-state index in [1.807, 2.05) is 19.9 Å². The van der Waals surface area contributed by atoms with Gasteiger partial charge in [0.05, 0.1) is 10.4 Å². The second kappa shape index (κ2) is 7.95. The Hall–Kier alpha value is -2.34. The van der Waals surface area contributed by atoms with Gasteiger partial charge in [-0.3, -0.25) is 4.90 Å². The molecule has 3 aromatic rings. The van der Waals surface area contributed by atoms with Gasteiger partial charge in [-0.15, -0.1) is 0 Å². The van der Waals surface area contributed by atoms with Crippen LogP contribution in [0.2, 0.25) is 0 Å². The first-order chi connectivity index (χ1) is 13.1. The van der Waals surface area contributed by atoms with E-state index in [1.54, 1.807) is 11.0 Å². The van der Waals surface area contributed by atoms with Crippen LogP contribution in [0.3, 0.4) is 0 Å². The van der Waals surface area contributed by atoms with Crippen LogP contribution in [0.5, 0.6) is 0 Å². The predicted molar refractivity (Wildman–Crippen MR) is 114 cm³/mol. The number of rotatable bonds is 5. The first-order valence-electron chi connectivity index (χ1n) is 8.35. The summed E-state index contributed by atoms with van der Waals surface area (Å²) in [6.07, 6.45) is 0. The molecule has 2 heterocycles. The van der Waals surface area contributed by atoms with Crippen LogP contribution in [-0.4, -0.2) is 31.0 Å². The first-order valence-corrected chi connectivity index (χ1v) is 11.1. The molecule has 0 spiro atoms. The number of pyridine rings is 1. The zero-order valence-electron chi connectivity index (χ0n) is 15.2. The van der Waals surface area contributed by atoms with Crippen molar-refractivity contribution < 1.29 is 13.2 Å². The van der Waals surface area contributed by atoms with Crippen LogP contribution >= 0.6 is 23.6 Å². The lowest BCUT2D eigenvalue weighted by atomic mass is 10.2. The van der Waals surface area contributed by atoms with Crippen LogP contribution < -0.4 is 15.4 Å². The van der Waals surface area contributed by atoms with E-state index in [4.69, 9.17) is 17.4 Å². The van der Waals surface area contributed by atoms with Crippen molar-refractivity contribution in [2.75, 3.05) is 16.8 Å². The topological polar surface area (TPSA) is 121 Å². The van der Waals surface area contributed by atoms with Crippen LogP contribution in [0.25, 0.3) is 10.3 Å². The van der Waals surface area contributed by atoms with Crippen LogP contribution in [0.15, 0.2) is 41.3 Å². The van der Waals surface area contributed by atoms with Crippen molar-refractivity contribution in [3.63, 3.8) is 0 Å². The molecule has 0 unspecified atom stereocenters. The number of nitrogens with two attached hydrogens (primary N) is 1. The Morgan fingerprint density at radius 3 is 2.57 bits per heavy atom. The number of urea groups is 1. The van der Waals surface area contributed by atoms with Gasteiger partial charge in [0.1, 0.15) is 10.6 Å². The van der Waals surface area contributed by atoms with E-state index in [0.29, 0.717) is 22.0 Å². The molecule has 0 saturated heterocycles. The van der Waals surface area contributed by atoms with Gasteiger partial charge in [0.25, 0.3) is 0 Å². The van der Waals surface area contributed by atoms with Gasteiger partial charge in [-0.05, 0) is 54.5 Å². The van der Waals surface area contributed by atoms with E-state index in [9.17, 15) is 13.2 Å². The van der Waals surface area contributed by atoms with Crippen molar-refractivity contribution in [2.24, 2.45) is 11.1 Å². The van der Waals surface area contributed by atoms with Gasteiger partial charge in [0.15, 0.2) is 3.95 Å². The number of hydrogen-bond donors (Lipinski definition) is 3. The summed E-state index contributed by atoms with van der Waals surface area (Å²) in [5.41, 5.74) is 1.27. The van der Waals surface area contributed by atoms with E-state index in [1.165, 1.54) is 35.6 Å². The molecule has 2 amide bonds. The highest BCUT2D eigenvalue weighted by molar-refractivity contribution is 7.89. The molecule has 3 rings (SSSR count). The lowest BCUT2D eigenvalue weighted by Crippen LogP contribution is -2.38. The summed E-state index contributed by atoms with van der Waals surface area (Å²) in [7, 11) is -3.79. The highest BCUT2D eigenvalue weighted by Gasteiger charge is 2.19. The molecule has 28 heavy (non-hydrogen) atoms. The molecule has 0 atom stereocenters. The van der Waals surface area contributed by atoms with E-state index in [0.717, 1.165) is 10.3 Å². The maximum atomic E-state index is 12.9. The number of carbonyl (C=O) groups is 1. The van der Waals surface area contributed by atoms with Gasteiger partial charge in [-0.25, -0.2) is 23.3 Å². The predicted octanol–water partition coefficient (Wildman–Crippen LogP) is 3.70. The fraction of sp³-hybridized carbons (Fsp3) is 0.235. The van der Waals surface area contributed by atoms with Crippen molar-refractivity contribution in [1.82, 2.24) is 9.97 Å². The molecule has 11 heteroatoms. The van der Waals surface area contributed by atoms with E-state index in [-0.39, 0.29) is 16.8 Å². The summed E-state index contributed by atoms with van der Waals surface area (Å²) >= 11 is 6.49. The third-order valence-electron chi connectivity index (χ3n) is 3.78. The number of primary sulfonamides is 1. The molecule has 0 bridgehead atoms. The normalized spacial score (nSPS) is 11.7. The maximum Gasteiger partial charge on any atom is 0.327 e. The summed E-state index contributed by atoms with van der Waals surface area (Å²) in [6.45, 7) is 4.45. The second-order valence-electron chi connectivity index (χ2n) is 6.54. The summed E-state index contributed by atoms with van der Waals surface area (Å²) in [5, 5.41) is 7.86. The minimum atomic E-state index is -3.79. The number of nitrogens with one attached hydrogen (secondary N) is 2. The number of hydrogen-bond acceptors (Lipinski definition) is 6. The zero-order chi connectivity index (χ0) is 20.5. The number of carbonyl (C=O) groups excluding carboxylic acids is 1. The minimum absolute atomic E-state index is 0.0229.